The molecule has 3 fully saturated rings. The van der Waals surface area contributed by atoms with Gasteiger partial charge in [0.1, 0.15) is 11.5 Å². The standard InChI is InChI=1S/C26H28N2O8/c1-9-11-5-6-14(27)21(31)18(11)22(32)20-17(9)12(7-15(29)10-3-2-4-10)13-8-16(30)19(25(28)35)23(33)26(13,36)24(20)34/h5-6,9-10,12-13,17,19-20,31,36H,2-4,7-8,27H2,1H3,(H2,28,35)/t9-,12+,13+,17-,19?,20?,26+/m0/s1. The van der Waals surface area contributed by atoms with E-state index >= 15 is 0 Å². The summed E-state index contributed by atoms with van der Waals surface area (Å²) in [6.45, 7) is 1.75. The fourth-order valence-corrected chi connectivity index (χ4v) is 7.00. The number of anilines is 1. The van der Waals surface area contributed by atoms with E-state index in [2.05, 4.69) is 0 Å². The van der Waals surface area contributed by atoms with Gasteiger partial charge in [0.15, 0.2) is 34.7 Å². The van der Waals surface area contributed by atoms with Crippen molar-refractivity contribution < 1.29 is 39.0 Å². The fourth-order valence-electron chi connectivity index (χ4n) is 7.00. The van der Waals surface area contributed by atoms with Crippen LogP contribution >= 0.6 is 0 Å². The maximum Gasteiger partial charge on any atom is 0.235 e. The number of carbonyl (C=O) groups is 6. The summed E-state index contributed by atoms with van der Waals surface area (Å²) in [5, 5.41) is 22.2. The highest BCUT2D eigenvalue weighted by Gasteiger charge is 2.70. The fraction of sp³-hybridized carbons (Fsp3) is 0.538. The molecule has 7 atom stereocenters. The predicted octanol–water partition coefficient (Wildman–Crippen LogP) is 0.455. The third kappa shape index (κ3) is 3.06. The van der Waals surface area contributed by atoms with Crippen LogP contribution in [0.3, 0.4) is 0 Å². The molecule has 0 spiro atoms. The second-order valence-electron chi connectivity index (χ2n) is 10.7. The van der Waals surface area contributed by atoms with Crippen molar-refractivity contribution in [2.24, 2.45) is 41.2 Å². The van der Waals surface area contributed by atoms with E-state index in [9.17, 15) is 39.0 Å². The quantitative estimate of drug-likeness (QED) is 0.260. The van der Waals surface area contributed by atoms with Crippen molar-refractivity contribution in [2.75, 3.05) is 5.73 Å². The summed E-state index contributed by atoms with van der Waals surface area (Å²) >= 11 is 0. The average molecular weight is 497 g/mol. The van der Waals surface area contributed by atoms with Crippen molar-refractivity contribution in [3.05, 3.63) is 23.3 Å². The number of hydrogen-bond acceptors (Lipinski definition) is 9. The van der Waals surface area contributed by atoms with E-state index in [1.54, 1.807) is 13.0 Å². The number of nitrogens with two attached hydrogens (primary N) is 2. The van der Waals surface area contributed by atoms with Crippen molar-refractivity contribution in [2.45, 2.75) is 50.5 Å². The second-order valence-corrected chi connectivity index (χ2v) is 10.7. The summed E-state index contributed by atoms with van der Waals surface area (Å²) in [6, 6.07) is 3.03. The first kappa shape index (κ1) is 24.3. The minimum absolute atomic E-state index is 0.0718. The highest BCUT2D eigenvalue weighted by atomic mass is 16.3. The van der Waals surface area contributed by atoms with Gasteiger partial charge in [0.25, 0.3) is 0 Å². The van der Waals surface area contributed by atoms with Crippen LogP contribution in [0.25, 0.3) is 0 Å². The van der Waals surface area contributed by atoms with Crippen LogP contribution in [0.2, 0.25) is 0 Å². The summed E-state index contributed by atoms with van der Waals surface area (Å²) < 4.78 is 0. The van der Waals surface area contributed by atoms with Crippen molar-refractivity contribution in [3.63, 3.8) is 0 Å². The van der Waals surface area contributed by atoms with Crippen LogP contribution in [-0.2, 0) is 24.0 Å². The Kier molecular flexibility index (Phi) is 5.44. The molecule has 0 bridgehead atoms. The Hall–Kier alpha value is -3.40. The minimum Gasteiger partial charge on any atom is -0.505 e. The minimum atomic E-state index is -2.83. The van der Waals surface area contributed by atoms with Crippen LogP contribution in [-0.4, -0.2) is 50.6 Å². The Morgan fingerprint density at radius 1 is 1.11 bits per heavy atom. The number of rotatable bonds is 4. The highest BCUT2D eigenvalue weighted by molar-refractivity contribution is 6.31. The van der Waals surface area contributed by atoms with Crippen LogP contribution in [0.1, 0.15) is 60.9 Å². The zero-order valence-electron chi connectivity index (χ0n) is 19.7. The first-order valence-electron chi connectivity index (χ1n) is 12.2. The van der Waals surface area contributed by atoms with E-state index in [1.807, 2.05) is 0 Å². The summed E-state index contributed by atoms with van der Waals surface area (Å²) in [5.74, 6) is -13.2. The molecule has 36 heavy (non-hydrogen) atoms. The number of nitrogen functional groups attached to an aromatic ring is 1. The Labute approximate surface area is 206 Å². The molecule has 4 aliphatic rings. The molecule has 1 aromatic carbocycles. The number of carbonyl (C=O) groups excluding carboxylic acids is 6. The summed E-state index contributed by atoms with van der Waals surface area (Å²) in [7, 11) is 0. The number of fused-ring (bicyclic) bond motifs is 3. The number of phenols is 1. The van der Waals surface area contributed by atoms with E-state index in [-0.39, 0.29) is 29.4 Å². The van der Waals surface area contributed by atoms with Gasteiger partial charge in [0.05, 0.1) is 17.2 Å². The van der Waals surface area contributed by atoms with Gasteiger partial charge < -0.3 is 21.7 Å². The van der Waals surface area contributed by atoms with Crippen LogP contribution in [0.4, 0.5) is 5.69 Å². The molecule has 0 heterocycles. The molecule has 10 nitrogen and oxygen atoms in total. The average Bonchev–Trinajstić information content (AvgIpc) is 2.76. The Morgan fingerprint density at radius 3 is 2.36 bits per heavy atom. The molecular weight excluding hydrogens is 468 g/mol. The van der Waals surface area contributed by atoms with Crippen LogP contribution < -0.4 is 11.5 Å². The Morgan fingerprint density at radius 2 is 1.78 bits per heavy atom. The molecule has 1 amide bonds. The monoisotopic (exact) mass is 496 g/mol. The van der Waals surface area contributed by atoms with E-state index < -0.39 is 82.3 Å². The zero-order valence-corrected chi connectivity index (χ0v) is 19.7. The number of aliphatic hydroxyl groups is 1. The lowest BCUT2D eigenvalue weighted by Crippen LogP contribution is -2.71. The second kappa shape index (κ2) is 8.06. The van der Waals surface area contributed by atoms with Gasteiger partial charge in [0, 0.05) is 24.7 Å². The van der Waals surface area contributed by atoms with Crippen molar-refractivity contribution in [1.82, 2.24) is 0 Å². The molecule has 0 aliphatic heterocycles. The number of aromatic hydroxyl groups is 1. The third-order valence-electron chi connectivity index (χ3n) is 9.09. The van der Waals surface area contributed by atoms with Gasteiger partial charge in [-0.2, -0.15) is 0 Å². The van der Waals surface area contributed by atoms with E-state index in [0.29, 0.717) is 18.4 Å². The van der Waals surface area contributed by atoms with Crippen LogP contribution in [0, 0.1) is 35.5 Å². The molecule has 0 radical (unpaired) electrons. The SMILES string of the molecule is C[C@H]1c2ccc(N)c(O)c2C(=O)C2C(=O)[C@]3(O)C(=O)C(C(N)=O)C(=O)C[C@@H]3[C@@H](CC(=O)C3CCC3)[C@@H]21. The van der Waals surface area contributed by atoms with E-state index in [4.69, 9.17) is 11.5 Å². The Balaban J connectivity index is 1.69. The zero-order chi connectivity index (χ0) is 26.3. The molecular formula is C26H28N2O8. The van der Waals surface area contributed by atoms with Gasteiger partial charge in [-0.3, -0.25) is 28.8 Å². The summed E-state index contributed by atoms with van der Waals surface area (Å²) in [6.07, 6.45) is 1.70. The molecule has 0 saturated heterocycles. The van der Waals surface area contributed by atoms with Gasteiger partial charge in [-0.05, 0) is 42.2 Å². The number of phenolic OH excluding ortho intramolecular Hbond substituents is 1. The topological polar surface area (TPSA) is 195 Å². The van der Waals surface area contributed by atoms with Crippen LogP contribution in [0.15, 0.2) is 12.1 Å². The Bertz CT molecular complexity index is 1250. The molecule has 1 aromatic rings. The molecule has 3 saturated carbocycles. The lowest BCUT2D eigenvalue weighted by molar-refractivity contribution is -0.183. The lowest BCUT2D eigenvalue weighted by atomic mass is 9.47. The lowest BCUT2D eigenvalue weighted by Gasteiger charge is -2.54. The molecule has 10 heteroatoms. The van der Waals surface area contributed by atoms with Crippen molar-refractivity contribution in [3.8, 4) is 5.75 Å². The number of ketones is 5. The normalized spacial score (nSPS) is 35.9. The predicted molar refractivity (Wildman–Crippen MR) is 123 cm³/mol. The molecule has 5 rings (SSSR count). The smallest absolute Gasteiger partial charge is 0.235 e. The largest absolute Gasteiger partial charge is 0.505 e. The molecule has 190 valence electrons. The summed E-state index contributed by atoms with van der Waals surface area (Å²) in [4.78, 5) is 78.8. The number of hydrogen-bond donors (Lipinski definition) is 4. The number of benzene rings is 1. The van der Waals surface area contributed by atoms with Crippen molar-refractivity contribution >= 4 is 40.5 Å². The molecule has 0 aromatic heterocycles. The van der Waals surface area contributed by atoms with Crippen LogP contribution in [0.5, 0.6) is 5.75 Å². The van der Waals surface area contributed by atoms with Gasteiger partial charge >= 0.3 is 0 Å². The molecule has 6 N–H and O–H groups in total. The number of Topliss-reactive ketones (excluding diaryl/α,β-unsaturated/α-hetero) is 5. The molecule has 2 unspecified atom stereocenters. The number of primary amides is 1. The first-order valence-corrected chi connectivity index (χ1v) is 12.2. The maximum absolute atomic E-state index is 13.8. The van der Waals surface area contributed by atoms with Gasteiger partial charge in [0.2, 0.25) is 5.91 Å². The first-order chi connectivity index (χ1) is 16.9. The van der Waals surface area contributed by atoms with Gasteiger partial charge in [-0.25, -0.2) is 0 Å². The van der Waals surface area contributed by atoms with E-state index in [1.165, 1.54) is 6.07 Å². The summed E-state index contributed by atoms with van der Waals surface area (Å²) in [5.41, 5.74) is 8.44. The van der Waals surface area contributed by atoms with Gasteiger partial charge in [-0.1, -0.05) is 19.4 Å². The van der Waals surface area contributed by atoms with E-state index in [0.717, 1.165) is 6.42 Å². The highest BCUT2D eigenvalue weighted by Crippen LogP contribution is 2.58. The van der Waals surface area contributed by atoms with Crippen molar-refractivity contribution in [1.29, 1.82) is 0 Å². The van der Waals surface area contributed by atoms with Gasteiger partial charge in [-0.15, -0.1) is 0 Å². The molecule has 4 aliphatic carbocycles. The third-order valence-corrected chi connectivity index (χ3v) is 9.09. The number of amides is 1. The maximum atomic E-state index is 13.8.